The van der Waals surface area contributed by atoms with Crippen LogP contribution in [0.25, 0.3) is 11.0 Å². The Hall–Kier alpha value is -1.97. The van der Waals surface area contributed by atoms with Crippen LogP contribution in [-0.4, -0.2) is 85.3 Å². The highest BCUT2D eigenvalue weighted by molar-refractivity contribution is 7.89. The molecule has 0 spiro atoms. The van der Waals surface area contributed by atoms with Crippen molar-refractivity contribution in [1.82, 2.24) is 23.7 Å². The van der Waals surface area contributed by atoms with Gasteiger partial charge in [0, 0.05) is 59.7 Å². The van der Waals surface area contributed by atoms with Gasteiger partial charge < -0.3 is 14.4 Å². The lowest BCUT2D eigenvalue weighted by atomic mass is 10.2. The molecule has 1 aromatic heterocycles. The molecule has 1 aromatic carbocycles. The first kappa shape index (κ1) is 20.8. The number of aromatic nitrogens is 2. The normalized spacial score (nSPS) is 16.2. The Morgan fingerprint density at radius 1 is 1.18 bits per heavy atom. The first-order valence-corrected chi connectivity index (χ1v) is 11.1. The van der Waals surface area contributed by atoms with Crippen LogP contribution in [0, 0.1) is 0 Å². The maximum absolute atomic E-state index is 12.5. The summed E-state index contributed by atoms with van der Waals surface area (Å²) in [5, 5.41) is 0. The van der Waals surface area contributed by atoms with Gasteiger partial charge in [0.2, 0.25) is 15.9 Å². The smallest absolute Gasteiger partial charge is 0.242 e. The number of hydrogen-bond donors (Lipinski definition) is 0. The lowest BCUT2D eigenvalue weighted by Crippen LogP contribution is -2.47. The van der Waals surface area contributed by atoms with E-state index in [-0.39, 0.29) is 10.8 Å². The molecular formula is C19H29N5O3S. The second-order valence-electron chi connectivity index (χ2n) is 7.39. The van der Waals surface area contributed by atoms with E-state index in [1.54, 1.807) is 18.2 Å². The van der Waals surface area contributed by atoms with Gasteiger partial charge in [-0.3, -0.25) is 4.79 Å². The fourth-order valence-electron chi connectivity index (χ4n) is 3.51. The number of sulfonamides is 1. The van der Waals surface area contributed by atoms with Crippen molar-refractivity contribution < 1.29 is 13.2 Å². The zero-order chi connectivity index (χ0) is 20.5. The maximum Gasteiger partial charge on any atom is 0.242 e. The highest BCUT2D eigenvalue weighted by Crippen LogP contribution is 2.23. The van der Waals surface area contributed by atoms with Gasteiger partial charge in [-0.2, -0.15) is 0 Å². The van der Waals surface area contributed by atoms with E-state index in [0.29, 0.717) is 24.9 Å². The van der Waals surface area contributed by atoms with Crippen LogP contribution in [0.1, 0.15) is 19.2 Å². The van der Waals surface area contributed by atoms with Crippen molar-refractivity contribution in [3.8, 4) is 0 Å². The average molecular weight is 408 g/mol. The number of rotatable bonds is 6. The van der Waals surface area contributed by atoms with E-state index in [2.05, 4.69) is 21.5 Å². The molecule has 1 aliphatic heterocycles. The number of piperazine rings is 1. The number of nitrogens with zero attached hydrogens (tertiary/aromatic N) is 5. The zero-order valence-corrected chi connectivity index (χ0v) is 17.9. The number of likely N-dealkylation sites (N-methyl/N-ethyl adjacent to an activating group) is 1. The quantitative estimate of drug-likeness (QED) is 0.714. The Kier molecular flexibility index (Phi) is 6.07. The van der Waals surface area contributed by atoms with Crippen molar-refractivity contribution in [3.63, 3.8) is 0 Å². The van der Waals surface area contributed by atoms with E-state index >= 15 is 0 Å². The van der Waals surface area contributed by atoms with Crippen LogP contribution < -0.4 is 0 Å². The third-order valence-corrected chi connectivity index (χ3v) is 7.12. The summed E-state index contributed by atoms with van der Waals surface area (Å²) in [4.78, 5) is 21.6. The summed E-state index contributed by atoms with van der Waals surface area (Å²) in [6, 6.07) is 5.03. The van der Waals surface area contributed by atoms with Gasteiger partial charge in [-0.1, -0.05) is 0 Å². The van der Waals surface area contributed by atoms with Crippen molar-refractivity contribution in [1.29, 1.82) is 0 Å². The fourth-order valence-corrected chi connectivity index (χ4v) is 4.43. The summed E-state index contributed by atoms with van der Waals surface area (Å²) < 4.78 is 28.0. The molecule has 9 heteroatoms. The standard InChI is InChI=1S/C19H29N5O3S/c1-5-24-17-7-6-15(28(26,27)21(2)3)14-16(17)20-18(24)8-9-19(25)23-12-10-22(4)11-13-23/h6-7,14H,5,8-13H2,1-4H3. The van der Waals surface area contributed by atoms with Crippen LogP contribution in [0.5, 0.6) is 0 Å². The van der Waals surface area contributed by atoms with Crippen molar-refractivity contribution in [2.75, 3.05) is 47.3 Å². The summed E-state index contributed by atoms with van der Waals surface area (Å²) in [7, 11) is 1.59. The summed E-state index contributed by atoms with van der Waals surface area (Å²) in [5.74, 6) is 0.970. The Morgan fingerprint density at radius 2 is 1.86 bits per heavy atom. The molecule has 2 aromatic rings. The number of imidazole rings is 1. The predicted molar refractivity (Wildman–Crippen MR) is 109 cm³/mol. The Bertz CT molecular complexity index is 959. The SMILES string of the molecule is CCn1c(CCC(=O)N2CCN(C)CC2)nc2cc(S(=O)(=O)N(C)C)ccc21. The Balaban J connectivity index is 1.80. The highest BCUT2D eigenvalue weighted by Gasteiger charge is 2.21. The molecule has 0 N–H and O–H groups in total. The van der Waals surface area contributed by atoms with Gasteiger partial charge in [0.05, 0.1) is 15.9 Å². The number of carbonyl (C=O) groups is 1. The molecule has 2 heterocycles. The highest BCUT2D eigenvalue weighted by atomic mass is 32.2. The van der Waals surface area contributed by atoms with Gasteiger partial charge >= 0.3 is 0 Å². The van der Waals surface area contributed by atoms with Gasteiger partial charge in [-0.05, 0) is 32.2 Å². The minimum atomic E-state index is -3.50. The van der Waals surface area contributed by atoms with E-state index in [4.69, 9.17) is 0 Å². The van der Waals surface area contributed by atoms with Gasteiger partial charge in [-0.15, -0.1) is 0 Å². The molecule has 3 rings (SSSR count). The van der Waals surface area contributed by atoms with Crippen LogP contribution in [0.4, 0.5) is 0 Å². The summed E-state index contributed by atoms with van der Waals surface area (Å²) in [6.07, 6.45) is 0.958. The minimum absolute atomic E-state index is 0.152. The lowest BCUT2D eigenvalue weighted by Gasteiger charge is -2.32. The van der Waals surface area contributed by atoms with Gasteiger partial charge in [0.25, 0.3) is 0 Å². The number of benzene rings is 1. The summed E-state index contributed by atoms with van der Waals surface area (Å²) in [5.41, 5.74) is 1.54. The molecule has 0 aliphatic carbocycles. The van der Waals surface area contributed by atoms with Crippen molar-refractivity contribution in [2.24, 2.45) is 0 Å². The van der Waals surface area contributed by atoms with E-state index in [1.807, 2.05) is 11.8 Å². The van der Waals surface area contributed by atoms with E-state index in [9.17, 15) is 13.2 Å². The molecule has 1 amide bonds. The maximum atomic E-state index is 12.5. The topological polar surface area (TPSA) is 78.8 Å². The van der Waals surface area contributed by atoms with Crippen molar-refractivity contribution in [3.05, 3.63) is 24.0 Å². The zero-order valence-electron chi connectivity index (χ0n) is 17.1. The number of carbonyl (C=O) groups excluding carboxylic acids is 1. The molecule has 1 saturated heterocycles. The molecule has 154 valence electrons. The number of hydrogen-bond acceptors (Lipinski definition) is 5. The summed E-state index contributed by atoms with van der Waals surface area (Å²) >= 11 is 0. The van der Waals surface area contributed by atoms with Gasteiger partial charge in [0.1, 0.15) is 5.82 Å². The van der Waals surface area contributed by atoms with Crippen LogP contribution in [0.2, 0.25) is 0 Å². The number of fused-ring (bicyclic) bond motifs is 1. The monoisotopic (exact) mass is 407 g/mol. The molecular weight excluding hydrogens is 378 g/mol. The van der Waals surface area contributed by atoms with Crippen LogP contribution in [-0.2, 0) is 27.8 Å². The van der Waals surface area contributed by atoms with Crippen molar-refractivity contribution in [2.45, 2.75) is 31.2 Å². The number of aryl methyl sites for hydroxylation is 2. The van der Waals surface area contributed by atoms with E-state index in [0.717, 1.165) is 37.5 Å². The number of amides is 1. The minimum Gasteiger partial charge on any atom is -0.340 e. The van der Waals surface area contributed by atoms with Crippen LogP contribution in [0.15, 0.2) is 23.1 Å². The molecule has 1 aliphatic rings. The molecule has 0 atom stereocenters. The molecule has 0 saturated carbocycles. The van der Waals surface area contributed by atoms with E-state index in [1.165, 1.54) is 18.4 Å². The third-order valence-electron chi connectivity index (χ3n) is 5.31. The van der Waals surface area contributed by atoms with E-state index < -0.39 is 10.0 Å². The Morgan fingerprint density at radius 3 is 2.46 bits per heavy atom. The lowest BCUT2D eigenvalue weighted by molar-refractivity contribution is -0.132. The van der Waals surface area contributed by atoms with Gasteiger partial charge in [-0.25, -0.2) is 17.7 Å². The van der Waals surface area contributed by atoms with Crippen LogP contribution >= 0.6 is 0 Å². The first-order chi connectivity index (χ1) is 13.2. The van der Waals surface area contributed by atoms with Crippen LogP contribution in [0.3, 0.4) is 0 Å². The fraction of sp³-hybridized carbons (Fsp3) is 0.579. The Labute approximate surface area is 166 Å². The largest absolute Gasteiger partial charge is 0.340 e. The molecule has 8 nitrogen and oxygen atoms in total. The molecule has 0 bridgehead atoms. The molecule has 0 radical (unpaired) electrons. The molecule has 1 fully saturated rings. The molecule has 28 heavy (non-hydrogen) atoms. The first-order valence-electron chi connectivity index (χ1n) is 9.62. The summed E-state index contributed by atoms with van der Waals surface area (Å²) in [6.45, 7) is 6.09. The second-order valence-corrected chi connectivity index (χ2v) is 9.55. The third kappa shape index (κ3) is 4.06. The molecule has 0 unspecified atom stereocenters. The predicted octanol–water partition coefficient (Wildman–Crippen LogP) is 1.01. The average Bonchev–Trinajstić information content (AvgIpc) is 3.03. The second kappa shape index (κ2) is 8.18. The van der Waals surface area contributed by atoms with Gasteiger partial charge in [0.15, 0.2) is 0 Å². The van der Waals surface area contributed by atoms with Crippen molar-refractivity contribution >= 4 is 27.0 Å².